The second-order valence-electron chi connectivity index (χ2n) is 13.6. The fourth-order valence-corrected chi connectivity index (χ4v) is 5.92. The van der Waals surface area contributed by atoms with Crippen molar-refractivity contribution in [3.63, 3.8) is 0 Å². The maximum Gasteiger partial charge on any atom is 0.472 e. The number of unbranched alkanes of at least 4 members (excludes halogenated alkanes) is 14. The average Bonchev–Trinajstić information content (AvgIpc) is 3.11. The first-order valence-corrected chi connectivity index (χ1v) is 21.1. The minimum Gasteiger partial charge on any atom is -0.462 e. The number of ketones is 1. The van der Waals surface area contributed by atoms with Crippen LogP contribution in [0.2, 0.25) is 0 Å². The van der Waals surface area contributed by atoms with Crippen LogP contribution in [0.15, 0.2) is 24.3 Å². The smallest absolute Gasteiger partial charge is 0.462 e. The zero-order valence-corrected chi connectivity index (χ0v) is 32.9. The normalized spacial score (nSPS) is 14.8. The summed E-state index contributed by atoms with van der Waals surface area (Å²) in [5, 5.41) is 18.3. The van der Waals surface area contributed by atoms with Crippen molar-refractivity contribution in [2.75, 3.05) is 26.4 Å². The minimum absolute atomic E-state index is 0.0988. The monoisotopic (exact) mass is 746 g/mol. The van der Waals surface area contributed by atoms with Gasteiger partial charge in [0.25, 0.3) is 0 Å². The third kappa shape index (κ3) is 33.7. The molecule has 298 valence electrons. The van der Waals surface area contributed by atoms with Gasteiger partial charge in [-0.2, -0.15) is 0 Å². The molecule has 0 saturated carbocycles. The fraction of sp³-hybridized carbons (Fsp3) is 0.821. The van der Waals surface area contributed by atoms with Crippen LogP contribution in [0.3, 0.4) is 0 Å². The molecule has 0 heterocycles. The van der Waals surface area contributed by atoms with E-state index < -0.39 is 51.8 Å². The van der Waals surface area contributed by atoms with Gasteiger partial charge in [-0.25, -0.2) is 4.57 Å². The molecule has 11 nitrogen and oxygen atoms in total. The number of aliphatic hydroxyl groups excluding tert-OH is 2. The van der Waals surface area contributed by atoms with Gasteiger partial charge in [-0.05, 0) is 44.1 Å². The van der Waals surface area contributed by atoms with Crippen LogP contribution in [0, 0.1) is 5.92 Å². The lowest BCUT2D eigenvalue weighted by Crippen LogP contribution is -2.29. The number of allylic oxidation sites excluding steroid dienone is 4. The van der Waals surface area contributed by atoms with Crippen molar-refractivity contribution in [1.82, 2.24) is 0 Å². The molecule has 0 aliphatic rings. The van der Waals surface area contributed by atoms with Crippen LogP contribution in [-0.4, -0.2) is 71.5 Å². The summed E-state index contributed by atoms with van der Waals surface area (Å²) in [5.41, 5.74) is 0. The van der Waals surface area contributed by atoms with E-state index in [1.807, 2.05) is 6.08 Å². The van der Waals surface area contributed by atoms with Crippen LogP contribution in [0.4, 0.5) is 0 Å². The molecular weight excluding hydrogens is 675 g/mol. The molecule has 0 rings (SSSR count). The van der Waals surface area contributed by atoms with Gasteiger partial charge in [0.1, 0.15) is 12.7 Å². The van der Waals surface area contributed by atoms with E-state index >= 15 is 0 Å². The third-order valence-electron chi connectivity index (χ3n) is 8.63. The fourth-order valence-electron chi connectivity index (χ4n) is 5.13. The maximum atomic E-state index is 12.6. The summed E-state index contributed by atoms with van der Waals surface area (Å²) in [6, 6.07) is 0. The number of aliphatic hydroxyl groups is 2. The summed E-state index contributed by atoms with van der Waals surface area (Å²) in [4.78, 5) is 46.8. The van der Waals surface area contributed by atoms with Crippen molar-refractivity contribution in [2.45, 2.75) is 174 Å². The van der Waals surface area contributed by atoms with Crippen LogP contribution in [0.25, 0.3) is 0 Å². The molecule has 0 saturated heterocycles. The zero-order chi connectivity index (χ0) is 38.0. The largest absolute Gasteiger partial charge is 0.472 e. The van der Waals surface area contributed by atoms with Crippen LogP contribution < -0.4 is 0 Å². The predicted molar refractivity (Wildman–Crippen MR) is 201 cm³/mol. The number of hydrogen-bond donors (Lipinski definition) is 3. The number of esters is 2. The van der Waals surface area contributed by atoms with E-state index in [2.05, 4.69) is 31.4 Å². The van der Waals surface area contributed by atoms with Gasteiger partial charge in [0.05, 0.1) is 19.8 Å². The number of phosphoric acid groups is 1. The van der Waals surface area contributed by atoms with Crippen molar-refractivity contribution in [3.8, 4) is 0 Å². The number of ether oxygens (including phenoxy) is 2. The minimum atomic E-state index is -4.64. The Morgan fingerprint density at radius 2 is 1.27 bits per heavy atom. The van der Waals surface area contributed by atoms with E-state index in [1.165, 1.54) is 51.4 Å². The summed E-state index contributed by atoms with van der Waals surface area (Å²) < 4.78 is 32.5. The molecule has 0 bridgehead atoms. The predicted octanol–water partition coefficient (Wildman–Crippen LogP) is 8.87. The van der Waals surface area contributed by atoms with Crippen LogP contribution in [-0.2, 0) is 37.5 Å². The first-order valence-electron chi connectivity index (χ1n) is 19.6. The zero-order valence-electron chi connectivity index (χ0n) is 32.0. The number of hydrogen-bond acceptors (Lipinski definition) is 10. The summed E-state index contributed by atoms with van der Waals surface area (Å²) >= 11 is 0. The van der Waals surface area contributed by atoms with Crippen LogP contribution in [0.1, 0.15) is 162 Å². The molecule has 0 aliphatic carbocycles. The SMILES string of the molecule is CCCCC/C=C\C=C\C(=O)CCCCCCCC(=O)O[C@H](COC(=O)CCCCCCCCCCC(C)CC)COP(=O)(O)OC[C@@H](O)CO. The van der Waals surface area contributed by atoms with Gasteiger partial charge in [0, 0.05) is 19.3 Å². The van der Waals surface area contributed by atoms with Gasteiger partial charge in [-0.15, -0.1) is 0 Å². The third-order valence-corrected chi connectivity index (χ3v) is 9.58. The van der Waals surface area contributed by atoms with Gasteiger partial charge >= 0.3 is 19.8 Å². The van der Waals surface area contributed by atoms with Gasteiger partial charge < -0.3 is 24.6 Å². The maximum absolute atomic E-state index is 12.6. The van der Waals surface area contributed by atoms with Gasteiger partial charge in [0.2, 0.25) is 0 Å². The van der Waals surface area contributed by atoms with Crippen LogP contribution in [0.5, 0.6) is 0 Å². The first kappa shape index (κ1) is 49.1. The molecule has 51 heavy (non-hydrogen) atoms. The van der Waals surface area contributed by atoms with E-state index in [0.717, 1.165) is 63.7 Å². The van der Waals surface area contributed by atoms with E-state index in [-0.39, 0.29) is 25.2 Å². The lowest BCUT2D eigenvalue weighted by Gasteiger charge is -2.20. The summed E-state index contributed by atoms with van der Waals surface area (Å²) in [6.45, 7) is 4.48. The molecule has 0 aliphatic heterocycles. The topological polar surface area (TPSA) is 166 Å². The molecule has 3 N–H and O–H groups in total. The highest BCUT2D eigenvalue weighted by Gasteiger charge is 2.27. The lowest BCUT2D eigenvalue weighted by atomic mass is 9.99. The molecule has 0 fully saturated rings. The molecule has 0 aromatic rings. The van der Waals surface area contributed by atoms with Crippen molar-refractivity contribution >= 4 is 25.5 Å². The summed E-state index contributed by atoms with van der Waals surface area (Å²) in [7, 11) is -4.64. The van der Waals surface area contributed by atoms with Crippen LogP contribution >= 0.6 is 7.82 Å². The molecule has 12 heteroatoms. The molecule has 0 aromatic heterocycles. The molecule has 0 spiro atoms. The molecular formula is C39H71O11P. The quantitative estimate of drug-likeness (QED) is 0.0184. The molecule has 2 unspecified atom stereocenters. The van der Waals surface area contributed by atoms with Gasteiger partial charge in [-0.3, -0.25) is 23.4 Å². The first-order chi connectivity index (χ1) is 24.5. The number of carbonyl (C=O) groups excluding carboxylic acids is 3. The number of phosphoric ester groups is 1. The molecule has 0 radical (unpaired) electrons. The number of rotatable bonds is 36. The van der Waals surface area contributed by atoms with Crippen molar-refractivity contribution in [3.05, 3.63) is 24.3 Å². The highest BCUT2D eigenvalue weighted by molar-refractivity contribution is 7.47. The highest BCUT2D eigenvalue weighted by atomic mass is 31.2. The Balaban J connectivity index is 4.46. The van der Waals surface area contributed by atoms with Gasteiger partial charge in [0.15, 0.2) is 11.9 Å². The molecule has 0 amide bonds. The van der Waals surface area contributed by atoms with E-state index in [1.54, 1.807) is 12.2 Å². The Labute approximate surface area is 308 Å². The lowest BCUT2D eigenvalue weighted by molar-refractivity contribution is -0.161. The molecule has 0 aromatic carbocycles. The summed E-state index contributed by atoms with van der Waals surface area (Å²) in [6.07, 6.45) is 25.5. The molecule has 4 atom stereocenters. The summed E-state index contributed by atoms with van der Waals surface area (Å²) in [5.74, 6) is -0.115. The standard InChI is InChI=1S/C39H71O11P/c1-4-6-7-8-11-16-21-26-35(41)27-22-17-14-19-24-29-39(44)50-37(33-49-51(45,46)48-31-36(42)30-40)32-47-38(43)28-23-18-13-10-9-12-15-20-25-34(3)5-2/h11,16,21,26,34,36-37,40,42H,4-10,12-15,17-20,22-25,27-33H2,1-3H3,(H,45,46)/b16-11-,26-21+/t34?,36-,37+/m0/s1. The van der Waals surface area contributed by atoms with Gasteiger partial charge in [-0.1, -0.05) is 129 Å². The van der Waals surface area contributed by atoms with Crippen molar-refractivity contribution in [2.24, 2.45) is 5.92 Å². The average molecular weight is 747 g/mol. The van der Waals surface area contributed by atoms with E-state index in [0.29, 0.717) is 19.3 Å². The Kier molecular flexibility index (Phi) is 32.7. The Morgan fingerprint density at radius 1 is 0.706 bits per heavy atom. The Bertz CT molecular complexity index is 984. The van der Waals surface area contributed by atoms with Crippen molar-refractivity contribution < 1.29 is 52.6 Å². The Morgan fingerprint density at radius 3 is 1.88 bits per heavy atom. The highest BCUT2D eigenvalue weighted by Crippen LogP contribution is 2.43. The number of carbonyl (C=O) groups is 3. The second-order valence-corrected chi connectivity index (χ2v) is 15.0. The Hall–Kier alpha value is -1.88. The second kappa shape index (κ2) is 33.9. The van der Waals surface area contributed by atoms with E-state index in [9.17, 15) is 28.9 Å². The van der Waals surface area contributed by atoms with Crippen molar-refractivity contribution in [1.29, 1.82) is 0 Å². The van der Waals surface area contributed by atoms with E-state index in [4.69, 9.17) is 19.1 Å².